The van der Waals surface area contributed by atoms with Crippen LogP contribution in [0.1, 0.15) is 26.7 Å². The summed E-state index contributed by atoms with van der Waals surface area (Å²) in [5.41, 5.74) is 0. The fourth-order valence-corrected chi connectivity index (χ4v) is 0.894. The van der Waals surface area contributed by atoms with Crippen molar-refractivity contribution in [3.63, 3.8) is 0 Å². The van der Waals surface area contributed by atoms with Crippen molar-refractivity contribution >= 4 is 6.16 Å². The van der Waals surface area contributed by atoms with Crippen LogP contribution in [0.4, 0.5) is 4.79 Å². The Hall–Kier alpha value is -0.810. The summed E-state index contributed by atoms with van der Waals surface area (Å²) in [4.78, 5) is 11.1. The van der Waals surface area contributed by atoms with E-state index in [9.17, 15) is 4.79 Å². The van der Waals surface area contributed by atoms with Crippen molar-refractivity contribution in [2.75, 3.05) is 27.4 Å². The van der Waals surface area contributed by atoms with E-state index < -0.39 is 6.16 Å². The van der Waals surface area contributed by atoms with Gasteiger partial charge in [0.2, 0.25) is 0 Å². The van der Waals surface area contributed by atoms with Crippen LogP contribution in [0.25, 0.3) is 0 Å². The molecule has 0 N–H and O–H groups in total. The van der Waals surface area contributed by atoms with Crippen LogP contribution in [0.3, 0.4) is 0 Å². The molecule has 5 nitrogen and oxygen atoms in total. The van der Waals surface area contributed by atoms with Gasteiger partial charge in [-0.15, -0.1) is 0 Å². The fourth-order valence-electron chi connectivity index (χ4n) is 0.894. The molecule has 0 amide bonds. The van der Waals surface area contributed by atoms with Crippen molar-refractivity contribution in [1.29, 1.82) is 0 Å². The molecular weight excluding hydrogens is 212 g/mol. The second-order valence-corrected chi connectivity index (χ2v) is 3.62. The molecule has 0 heterocycles. The van der Waals surface area contributed by atoms with E-state index in [0.717, 1.165) is 0 Å². The van der Waals surface area contributed by atoms with Gasteiger partial charge in [0, 0.05) is 27.1 Å². The first-order chi connectivity index (χ1) is 7.60. The Bertz CT molecular complexity index is 165. The third-order valence-electron chi connectivity index (χ3n) is 2.29. The summed E-state index contributed by atoms with van der Waals surface area (Å²) in [5, 5.41) is 0. The molecule has 0 saturated heterocycles. The third kappa shape index (κ3) is 8.49. The zero-order valence-electron chi connectivity index (χ0n) is 10.5. The van der Waals surface area contributed by atoms with E-state index in [1.165, 1.54) is 0 Å². The fraction of sp³-hybridized carbons (Fsp3) is 0.909. The van der Waals surface area contributed by atoms with E-state index in [1.807, 2.05) is 13.8 Å². The molecule has 5 heteroatoms. The molecular formula is C11H22O5. The maximum Gasteiger partial charge on any atom is 0.508 e. The number of carbonyl (C=O) groups is 1. The van der Waals surface area contributed by atoms with E-state index in [2.05, 4.69) is 0 Å². The molecule has 2 atom stereocenters. The summed E-state index contributed by atoms with van der Waals surface area (Å²) in [6.45, 7) is 4.45. The predicted molar refractivity (Wildman–Crippen MR) is 59.5 cm³/mol. The summed E-state index contributed by atoms with van der Waals surface area (Å²) < 4.78 is 19.7. The van der Waals surface area contributed by atoms with Crippen LogP contribution in [0, 0.1) is 0 Å². The molecule has 16 heavy (non-hydrogen) atoms. The van der Waals surface area contributed by atoms with E-state index in [4.69, 9.17) is 18.9 Å². The smallest absolute Gasteiger partial charge is 0.434 e. The number of carbonyl (C=O) groups excluding carboxylic acids is 1. The van der Waals surface area contributed by atoms with Crippen molar-refractivity contribution in [1.82, 2.24) is 0 Å². The van der Waals surface area contributed by atoms with Crippen LogP contribution in [0.2, 0.25) is 0 Å². The van der Waals surface area contributed by atoms with Gasteiger partial charge in [-0.05, 0) is 13.8 Å². The number of hydrogen-bond donors (Lipinski definition) is 0. The van der Waals surface area contributed by atoms with Crippen molar-refractivity contribution in [2.45, 2.75) is 38.9 Å². The van der Waals surface area contributed by atoms with E-state index in [0.29, 0.717) is 26.1 Å². The molecule has 0 radical (unpaired) electrons. The van der Waals surface area contributed by atoms with Gasteiger partial charge in [-0.3, -0.25) is 0 Å². The zero-order valence-corrected chi connectivity index (χ0v) is 10.5. The quantitative estimate of drug-likeness (QED) is 0.601. The first-order valence-corrected chi connectivity index (χ1v) is 5.45. The summed E-state index contributed by atoms with van der Waals surface area (Å²) >= 11 is 0. The molecule has 2 unspecified atom stereocenters. The molecule has 96 valence electrons. The Morgan fingerprint density at radius 2 is 1.31 bits per heavy atom. The lowest BCUT2D eigenvalue weighted by Crippen LogP contribution is -2.16. The van der Waals surface area contributed by atoms with Gasteiger partial charge in [-0.2, -0.15) is 0 Å². The SMILES string of the molecule is COC(C)CCOC(=O)OCCC(C)OC. The molecule has 0 aromatic carbocycles. The molecule has 0 spiro atoms. The predicted octanol–water partition coefficient (Wildman–Crippen LogP) is 1.99. The lowest BCUT2D eigenvalue weighted by atomic mass is 10.3. The monoisotopic (exact) mass is 234 g/mol. The summed E-state index contributed by atoms with van der Waals surface area (Å²) in [7, 11) is 3.24. The molecule has 0 fully saturated rings. The number of rotatable bonds is 8. The molecule has 0 aromatic heterocycles. The van der Waals surface area contributed by atoms with Crippen LogP contribution in [-0.2, 0) is 18.9 Å². The van der Waals surface area contributed by atoms with Gasteiger partial charge in [-0.1, -0.05) is 0 Å². The van der Waals surface area contributed by atoms with Crippen molar-refractivity contribution in [3.8, 4) is 0 Å². The van der Waals surface area contributed by atoms with Gasteiger partial charge in [-0.25, -0.2) is 4.79 Å². The standard InChI is InChI=1S/C11H22O5/c1-9(13-3)5-7-15-11(12)16-8-6-10(2)14-4/h9-10H,5-8H2,1-4H3. The lowest BCUT2D eigenvalue weighted by Gasteiger charge is -2.11. The van der Waals surface area contributed by atoms with Gasteiger partial charge in [0.25, 0.3) is 0 Å². The first-order valence-electron chi connectivity index (χ1n) is 5.45. The van der Waals surface area contributed by atoms with Crippen molar-refractivity contribution < 1.29 is 23.7 Å². The molecule has 0 aromatic rings. The molecule has 0 bridgehead atoms. The molecule has 0 aliphatic heterocycles. The second-order valence-electron chi connectivity index (χ2n) is 3.62. The molecule has 0 rings (SSSR count). The van der Waals surface area contributed by atoms with Crippen LogP contribution >= 0.6 is 0 Å². The average Bonchev–Trinajstić information content (AvgIpc) is 2.28. The number of ether oxygens (including phenoxy) is 4. The van der Waals surface area contributed by atoms with Gasteiger partial charge < -0.3 is 18.9 Å². The summed E-state index contributed by atoms with van der Waals surface area (Å²) in [5.74, 6) is 0. The maximum atomic E-state index is 11.1. The molecule has 0 aliphatic carbocycles. The minimum atomic E-state index is -0.633. The first kappa shape index (κ1) is 15.2. The van der Waals surface area contributed by atoms with Crippen LogP contribution in [0.15, 0.2) is 0 Å². The van der Waals surface area contributed by atoms with Crippen molar-refractivity contribution in [3.05, 3.63) is 0 Å². The minimum Gasteiger partial charge on any atom is -0.434 e. The second kappa shape index (κ2) is 9.42. The zero-order chi connectivity index (χ0) is 12.4. The van der Waals surface area contributed by atoms with Gasteiger partial charge >= 0.3 is 6.16 Å². The Morgan fingerprint density at radius 3 is 1.62 bits per heavy atom. The van der Waals surface area contributed by atoms with Crippen LogP contribution in [-0.4, -0.2) is 45.8 Å². The highest BCUT2D eigenvalue weighted by Gasteiger charge is 2.07. The van der Waals surface area contributed by atoms with Gasteiger partial charge in [0.15, 0.2) is 0 Å². The Morgan fingerprint density at radius 1 is 0.938 bits per heavy atom. The Kier molecular flexibility index (Phi) is 8.94. The number of hydrogen-bond acceptors (Lipinski definition) is 5. The highest BCUT2D eigenvalue weighted by molar-refractivity contribution is 5.59. The highest BCUT2D eigenvalue weighted by Crippen LogP contribution is 1.99. The van der Waals surface area contributed by atoms with E-state index in [-0.39, 0.29) is 12.2 Å². The average molecular weight is 234 g/mol. The van der Waals surface area contributed by atoms with E-state index in [1.54, 1.807) is 14.2 Å². The lowest BCUT2D eigenvalue weighted by molar-refractivity contribution is 0.0259. The van der Waals surface area contributed by atoms with Gasteiger partial charge in [0.1, 0.15) is 0 Å². The summed E-state index contributed by atoms with van der Waals surface area (Å²) in [6.07, 6.45) is 0.870. The largest absolute Gasteiger partial charge is 0.508 e. The minimum absolute atomic E-state index is 0.0845. The number of methoxy groups -OCH3 is 2. The topological polar surface area (TPSA) is 54.0 Å². The maximum absolute atomic E-state index is 11.1. The van der Waals surface area contributed by atoms with Crippen molar-refractivity contribution in [2.24, 2.45) is 0 Å². The third-order valence-corrected chi connectivity index (χ3v) is 2.29. The molecule has 0 saturated carbocycles. The normalized spacial score (nSPS) is 14.2. The highest BCUT2D eigenvalue weighted by atomic mass is 16.7. The van der Waals surface area contributed by atoms with Crippen LogP contribution < -0.4 is 0 Å². The van der Waals surface area contributed by atoms with Crippen LogP contribution in [0.5, 0.6) is 0 Å². The Labute approximate surface area is 97.0 Å². The van der Waals surface area contributed by atoms with Gasteiger partial charge in [0.05, 0.1) is 25.4 Å². The molecule has 0 aliphatic rings. The Balaban J connectivity index is 3.38. The van der Waals surface area contributed by atoms with E-state index >= 15 is 0 Å². The summed E-state index contributed by atoms with van der Waals surface area (Å²) in [6, 6.07) is 0.